The number of amidine groups is 3. The molecule has 6 heterocycles. The summed E-state index contributed by atoms with van der Waals surface area (Å²) in [6.45, 7) is 27.3. The molecule has 6 aliphatic rings. The third-order valence-electron chi connectivity index (χ3n) is 24.4. The van der Waals surface area contributed by atoms with E-state index in [1.54, 1.807) is 51.1 Å². The van der Waals surface area contributed by atoms with E-state index in [2.05, 4.69) is 69.1 Å². The molecule has 42 heteroatoms. The van der Waals surface area contributed by atoms with Crippen molar-refractivity contribution in [3.8, 4) is 0 Å². The SMILES string of the molecule is C=CS(=O)(=O)N1CCC2(CC1)N=C(CCCCCCCCC)NC2=O.CC(=O)OCCOCCN(C(C)=O)c1ccc(Br)c(C)c1.CCCCCCCCCC1=NC2(CCN(S(=O)(=O)/C=C/c3ccc(N(CCOCCO)C(C)=O)cc3C)CC2)C(=O)N1.CCCCCCCCCC1=NC2(CCN(S(=O)(=O)/C=C/c3ccc(N(CCOCCOC(C)=O)C(C)=O)cc3C)CC2)C(=O)N1.CO.O=CO[O-].[H-].[K+].[K+]. The minimum atomic E-state index is -3.71. The summed E-state index contributed by atoms with van der Waals surface area (Å²) in [5, 5.41) is 36.5. The molecule has 3 fully saturated rings. The van der Waals surface area contributed by atoms with Gasteiger partial charge in [-0.25, -0.2) is 25.3 Å². The van der Waals surface area contributed by atoms with Crippen molar-refractivity contribution in [2.75, 3.05) is 140 Å². The summed E-state index contributed by atoms with van der Waals surface area (Å²) < 4.78 is 107. The molecule has 36 nitrogen and oxygen atoms in total. The number of carbonyl (C=O) groups excluding carboxylic acids is 9. The normalized spacial score (nSPS) is 15.8. The first-order valence-corrected chi connectivity index (χ1v) is 53.9. The molecule has 6 aliphatic heterocycles. The van der Waals surface area contributed by atoms with Crippen LogP contribution in [0.15, 0.2) is 96.9 Å². The van der Waals surface area contributed by atoms with Gasteiger partial charge in [-0.2, -0.15) is 12.9 Å². The minimum Gasteiger partial charge on any atom is -1.00 e. The van der Waals surface area contributed by atoms with Crippen LogP contribution in [-0.2, 0) is 102 Å². The van der Waals surface area contributed by atoms with E-state index in [-0.39, 0.29) is 224 Å². The number of piperidine rings is 3. The molecule has 0 saturated carbocycles. The van der Waals surface area contributed by atoms with Gasteiger partial charge in [0.05, 0.1) is 46.2 Å². The Morgan fingerprint density at radius 3 is 0.993 bits per heavy atom. The van der Waals surface area contributed by atoms with E-state index in [9.17, 15) is 63.6 Å². The summed E-state index contributed by atoms with van der Waals surface area (Å²) in [6.07, 6.45) is 33.1. The van der Waals surface area contributed by atoms with Crippen LogP contribution in [0.1, 0.15) is 277 Å². The minimum absolute atomic E-state index is 0. The van der Waals surface area contributed by atoms with Gasteiger partial charge < -0.3 is 76.1 Å². The van der Waals surface area contributed by atoms with Crippen molar-refractivity contribution in [3.05, 3.63) is 110 Å². The van der Waals surface area contributed by atoms with Gasteiger partial charge in [0, 0.05) is 158 Å². The number of hydrogen-bond donors (Lipinski definition) is 5. The van der Waals surface area contributed by atoms with E-state index in [0.717, 1.165) is 120 Å². The van der Waals surface area contributed by atoms with Crippen LogP contribution >= 0.6 is 15.9 Å². The van der Waals surface area contributed by atoms with Gasteiger partial charge in [-0.05, 0) is 161 Å². The van der Waals surface area contributed by atoms with Gasteiger partial charge in [-0.3, -0.25) is 58.1 Å². The van der Waals surface area contributed by atoms with Crippen LogP contribution in [0.2, 0.25) is 0 Å². The number of aryl methyl sites for hydroxylation is 3. The van der Waals surface area contributed by atoms with E-state index in [4.69, 9.17) is 53.9 Å². The Morgan fingerprint density at radius 1 is 0.454 bits per heavy atom. The zero-order valence-corrected chi connectivity index (χ0v) is 96.1. The van der Waals surface area contributed by atoms with Crippen molar-refractivity contribution >= 4 is 147 Å². The largest absolute Gasteiger partial charge is 1.00 e. The number of unbranched alkanes of at least 4 members (excludes halogenated alkanes) is 18. The third-order valence-corrected chi connectivity index (χ3v) is 29.9. The number of aliphatic hydroxyl groups is 2. The number of halogens is 1. The van der Waals surface area contributed by atoms with Crippen molar-refractivity contribution in [1.29, 1.82) is 0 Å². The summed E-state index contributed by atoms with van der Waals surface area (Å²) in [4.78, 5) is 126. The van der Waals surface area contributed by atoms with Crippen LogP contribution in [0.3, 0.4) is 0 Å². The predicted molar refractivity (Wildman–Crippen MR) is 545 cm³/mol. The first-order valence-electron chi connectivity index (χ1n) is 48.6. The van der Waals surface area contributed by atoms with Gasteiger partial charge in [0.15, 0.2) is 0 Å². The fourth-order valence-electron chi connectivity index (χ4n) is 16.4. The Morgan fingerprint density at radius 2 is 0.730 bits per heavy atom. The van der Waals surface area contributed by atoms with Crippen molar-refractivity contribution < 1.29 is 217 Å². The van der Waals surface area contributed by atoms with Gasteiger partial charge in [-0.1, -0.05) is 171 Å². The molecule has 0 atom stereocenters. The number of rotatable bonds is 53. The number of nitrogens with one attached hydrogen (secondary N) is 3. The molecular formula is C99H155BrK2N12O24S3. The molecule has 3 spiro atoms. The van der Waals surface area contributed by atoms with Crippen LogP contribution < -0.4 is 139 Å². The number of esters is 2. The van der Waals surface area contributed by atoms with Crippen LogP contribution in [0.5, 0.6) is 0 Å². The second kappa shape index (κ2) is 71.1. The van der Waals surface area contributed by atoms with Crippen molar-refractivity contribution in [2.45, 2.75) is 285 Å². The Hall–Kier alpha value is -5.64. The fraction of sp³-hybridized carbons (Fsp3) is 0.636. The Labute approximate surface area is 932 Å². The second-order valence-electron chi connectivity index (χ2n) is 34.8. The summed E-state index contributed by atoms with van der Waals surface area (Å²) >= 11 is 3.44. The maximum atomic E-state index is 13.2. The van der Waals surface area contributed by atoms with E-state index < -0.39 is 46.7 Å². The molecule has 0 aliphatic carbocycles. The standard InChI is InChI=1S/C33H50N4O7S.C31H48N4O6S.C18H31N3O3S.C15H20BrNO4.CH2O3.CH4O.2K.H/c1-5-6-7-8-9-10-11-12-31-34-32(40)33(35-31)16-18-36(19-17-33)45(41,42)24-15-29-13-14-30(25-26(29)2)37(27(3)38)20-21-43-22-23-44-28(4)39;1-4-5-6-7-8-9-10-11-29-32-30(38)31(33-29)15-17-34(18-16-31)42(39,40)23-14-27-12-13-28(24-25(27)2)35(26(3)37)19-21-41-22-20-36;1-3-5-6-7-8-9-10-11-16-19-17(22)18(20-16)12-14-21(15-13-18)25(23,24)4-2;1-11-10-14(4-5-15(11)16)17(12(2)18)6-7-20-8-9-21-13(3)19;2-1-4-3;1-2;;;/h13-15,24-25H,5-12,16-23H2,1-4H3,(H,34,35,40);12-14,23-24,36H,4-11,15-22H2,1-3H3,(H,32,33,38);4H,2-3,5-15H2,1H3,(H,19,20,22);4-5,10H,6-9H2,1-3H3;1,3H;2H,1H3;;;/q;;;;;;2*+1;-1/p-1/b24-15+;23-14+;;;;;;;. The van der Waals surface area contributed by atoms with E-state index in [0.29, 0.717) is 108 Å². The van der Waals surface area contributed by atoms with Gasteiger partial charge in [0.25, 0.3) is 24.2 Å². The molecule has 5 N–H and O–H groups in total. The van der Waals surface area contributed by atoms with Gasteiger partial charge in [-0.15, -0.1) is 0 Å². The monoisotopic (exact) mass is 2150 g/mol. The number of sulfonamides is 3. The molecule has 3 aromatic rings. The predicted octanol–water partition coefficient (Wildman–Crippen LogP) is 6.71. The molecule has 0 radical (unpaired) electrons. The Balaban J connectivity index is 0.000000958. The number of benzene rings is 3. The number of ether oxygens (including phenoxy) is 5. The van der Waals surface area contributed by atoms with Gasteiger partial charge >= 0.3 is 115 Å². The maximum absolute atomic E-state index is 13.2. The van der Waals surface area contributed by atoms with Crippen molar-refractivity contribution in [3.63, 3.8) is 0 Å². The molecule has 0 aromatic heterocycles. The average Bonchev–Trinajstić information content (AvgIpc) is 1.61. The number of amides is 6. The number of carbonyl (C=O) groups is 9. The van der Waals surface area contributed by atoms with Crippen LogP contribution in [-0.4, -0.2) is 262 Å². The smallest absolute Gasteiger partial charge is 1.00 e. The summed E-state index contributed by atoms with van der Waals surface area (Å²) in [5.74, 6) is 0.928. The summed E-state index contributed by atoms with van der Waals surface area (Å²) in [6, 6.07) is 16.5. The van der Waals surface area contributed by atoms with Crippen molar-refractivity contribution in [1.82, 2.24) is 28.9 Å². The van der Waals surface area contributed by atoms with Crippen molar-refractivity contribution in [2.24, 2.45) is 15.0 Å². The molecule has 3 saturated heterocycles. The molecule has 9 rings (SSSR count). The number of nitrogens with zero attached hydrogens (tertiary/aromatic N) is 9. The van der Waals surface area contributed by atoms with Gasteiger partial charge in [0.1, 0.15) is 47.3 Å². The molecule has 3 aromatic carbocycles. The van der Waals surface area contributed by atoms with E-state index >= 15 is 0 Å². The number of hydrogen-bond acceptors (Lipinski definition) is 27. The first kappa shape index (κ1) is 131. The second-order valence-corrected chi connectivity index (χ2v) is 41.2. The molecule has 782 valence electrons. The van der Waals surface area contributed by atoms with E-state index in [1.165, 1.54) is 155 Å². The molecule has 0 bridgehead atoms. The fourth-order valence-corrected chi connectivity index (χ4v) is 19.9. The number of aliphatic hydroxyl groups excluding tert-OH is 2. The number of aliphatic imine (C=N–C) groups is 3. The first-order chi connectivity index (χ1) is 66.3. The molecule has 0 unspecified atom stereocenters. The maximum Gasteiger partial charge on any atom is 1.00 e. The van der Waals surface area contributed by atoms with Crippen LogP contribution in [0.4, 0.5) is 17.1 Å². The zero-order valence-electron chi connectivity index (χ0n) is 86.8. The zero-order chi connectivity index (χ0) is 103. The summed E-state index contributed by atoms with van der Waals surface area (Å²) in [7, 11) is -9.81. The average molecular weight is 2150 g/mol. The van der Waals surface area contributed by atoms with E-state index in [1.807, 2.05) is 51.1 Å². The van der Waals surface area contributed by atoms with Gasteiger partial charge in [0.2, 0.25) is 47.8 Å². The Kier molecular flexibility index (Phi) is 66.2. The molecule has 6 amide bonds. The quantitative estimate of drug-likeness (QED) is 0.00978. The third kappa shape index (κ3) is 47.2. The summed E-state index contributed by atoms with van der Waals surface area (Å²) in [5.41, 5.74) is 3.86. The number of anilines is 3. The molecular weight excluding hydrogens is 2000 g/mol. The molecule has 141 heavy (non-hydrogen) atoms. The Bertz CT molecular complexity index is 4920. The van der Waals surface area contributed by atoms with Crippen LogP contribution in [0, 0.1) is 20.8 Å². The topological polar surface area (TPSA) is 468 Å². The van der Waals surface area contributed by atoms with Crippen LogP contribution in [0.25, 0.3) is 12.2 Å².